The third kappa shape index (κ3) is 2.07. The average Bonchev–Trinajstić information content (AvgIpc) is 2.65. The number of halogens is 1. The van der Waals surface area contributed by atoms with E-state index in [0.717, 1.165) is 20.6 Å². The van der Waals surface area contributed by atoms with E-state index in [9.17, 15) is 4.79 Å². The van der Waals surface area contributed by atoms with E-state index in [-0.39, 0.29) is 5.91 Å². The zero-order valence-corrected chi connectivity index (χ0v) is 13.7. The molecule has 1 aliphatic rings. The van der Waals surface area contributed by atoms with Crippen LogP contribution in [0.1, 0.15) is 12.5 Å². The Kier molecular flexibility index (Phi) is 3.38. The zero-order valence-electron chi connectivity index (χ0n) is 11.3. The highest BCUT2D eigenvalue weighted by Crippen LogP contribution is 2.50. The van der Waals surface area contributed by atoms with Crippen molar-refractivity contribution in [3.63, 3.8) is 0 Å². The van der Waals surface area contributed by atoms with Gasteiger partial charge >= 0.3 is 0 Å². The van der Waals surface area contributed by atoms with Crippen molar-refractivity contribution in [1.82, 2.24) is 0 Å². The van der Waals surface area contributed by atoms with Gasteiger partial charge in [-0.05, 0) is 37.3 Å². The Morgan fingerprint density at radius 1 is 1.10 bits per heavy atom. The Morgan fingerprint density at radius 3 is 2.45 bits per heavy atom. The number of rotatable bonds is 2. The summed E-state index contributed by atoms with van der Waals surface area (Å²) in [6.45, 7) is 2.00. The SMILES string of the molecule is CN1C(=O)C(C)(Sc2ccc(Br)cc2)c2ccccc21. The standard InChI is InChI=1S/C16H14BrNOS/c1-16(20-12-9-7-11(17)8-10-12)13-5-3-4-6-14(13)18(2)15(16)19/h3-10H,1-2H3. The summed E-state index contributed by atoms with van der Waals surface area (Å²) < 4.78 is 0.487. The quantitative estimate of drug-likeness (QED) is 0.800. The Hall–Kier alpha value is -1.26. The number of hydrogen-bond donors (Lipinski definition) is 0. The first-order valence-corrected chi connectivity index (χ1v) is 7.95. The number of anilines is 1. The fraction of sp³-hybridized carbons (Fsp3) is 0.188. The van der Waals surface area contributed by atoms with E-state index in [1.165, 1.54) is 0 Å². The molecule has 0 aliphatic carbocycles. The van der Waals surface area contributed by atoms with Crippen molar-refractivity contribution < 1.29 is 4.79 Å². The molecule has 2 nitrogen and oxygen atoms in total. The van der Waals surface area contributed by atoms with Crippen molar-refractivity contribution in [2.45, 2.75) is 16.6 Å². The van der Waals surface area contributed by atoms with E-state index < -0.39 is 4.75 Å². The van der Waals surface area contributed by atoms with Gasteiger partial charge in [0.05, 0.1) is 0 Å². The first-order chi connectivity index (χ1) is 9.52. The van der Waals surface area contributed by atoms with Crippen molar-refractivity contribution >= 4 is 39.3 Å². The molecule has 0 aromatic heterocycles. The molecule has 1 aliphatic heterocycles. The van der Waals surface area contributed by atoms with Crippen LogP contribution in [0.2, 0.25) is 0 Å². The smallest absolute Gasteiger partial charge is 0.247 e. The number of carbonyl (C=O) groups is 1. The maximum atomic E-state index is 12.7. The second kappa shape index (κ2) is 4.93. The Bertz CT molecular complexity index is 670. The molecular weight excluding hydrogens is 334 g/mol. The highest BCUT2D eigenvalue weighted by molar-refractivity contribution is 9.10. The van der Waals surface area contributed by atoms with Gasteiger partial charge in [0.15, 0.2) is 0 Å². The van der Waals surface area contributed by atoms with Crippen LogP contribution in [-0.4, -0.2) is 13.0 Å². The predicted octanol–water partition coefficient (Wildman–Crippen LogP) is 4.43. The fourth-order valence-electron chi connectivity index (χ4n) is 2.55. The summed E-state index contributed by atoms with van der Waals surface area (Å²) in [6.07, 6.45) is 0. The van der Waals surface area contributed by atoms with Crippen LogP contribution >= 0.6 is 27.7 Å². The highest BCUT2D eigenvalue weighted by atomic mass is 79.9. The molecule has 1 unspecified atom stereocenters. The van der Waals surface area contributed by atoms with Gasteiger partial charge in [-0.15, -0.1) is 11.8 Å². The van der Waals surface area contributed by atoms with Crippen LogP contribution in [0.3, 0.4) is 0 Å². The van der Waals surface area contributed by atoms with Crippen molar-refractivity contribution in [2.75, 3.05) is 11.9 Å². The maximum Gasteiger partial charge on any atom is 0.247 e. The van der Waals surface area contributed by atoms with Gasteiger partial charge in [0, 0.05) is 27.7 Å². The lowest BCUT2D eigenvalue weighted by molar-refractivity contribution is -0.119. The monoisotopic (exact) mass is 347 g/mol. The molecule has 1 heterocycles. The molecule has 20 heavy (non-hydrogen) atoms. The van der Waals surface area contributed by atoms with Gasteiger partial charge in [-0.2, -0.15) is 0 Å². The van der Waals surface area contributed by atoms with Crippen LogP contribution < -0.4 is 4.90 Å². The molecule has 0 fully saturated rings. The van der Waals surface area contributed by atoms with Gasteiger partial charge in [-0.1, -0.05) is 34.1 Å². The molecule has 1 amide bonds. The minimum absolute atomic E-state index is 0.131. The molecular formula is C16H14BrNOS. The molecule has 2 aromatic carbocycles. The number of fused-ring (bicyclic) bond motifs is 1. The van der Waals surface area contributed by atoms with Crippen molar-refractivity contribution in [1.29, 1.82) is 0 Å². The number of amides is 1. The summed E-state index contributed by atoms with van der Waals surface area (Å²) in [5.74, 6) is 0.131. The topological polar surface area (TPSA) is 20.3 Å². The van der Waals surface area contributed by atoms with Gasteiger partial charge in [0.25, 0.3) is 0 Å². The van der Waals surface area contributed by atoms with E-state index in [0.29, 0.717) is 0 Å². The summed E-state index contributed by atoms with van der Waals surface area (Å²) in [5, 5.41) is 0. The molecule has 0 saturated heterocycles. The lowest BCUT2D eigenvalue weighted by Gasteiger charge is -2.22. The number of hydrogen-bond acceptors (Lipinski definition) is 2. The van der Waals surface area contributed by atoms with Crippen molar-refractivity contribution in [2.24, 2.45) is 0 Å². The molecule has 0 bridgehead atoms. The van der Waals surface area contributed by atoms with Gasteiger partial charge < -0.3 is 4.90 Å². The lowest BCUT2D eigenvalue weighted by atomic mass is 10.0. The van der Waals surface area contributed by atoms with Gasteiger partial charge in [0.2, 0.25) is 5.91 Å². The van der Waals surface area contributed by atoms with Gasteiger partial charge in [-0.3, -0.25) is 4.79 Å². The molecule has 3 rings (SSSR count). The summed E-state index contributed by atoms with van der Waals surface area (Å²) in [6, 6.07) is 16.1. The van der Waals surface area contributed by atoms with Crippen LogP contribution in [0.4, 0.5) is 5.69 Å². The van der Waals surface area contributed by atoms with Crippen LogP contribution in [0, 0.1) is 0 Å². The molecule has 0 saturated carbocycles. The molecule has 0 radical (unpaired) electrons. The molecule has 0 N–H and O–H groups in total. The second-order valence-electron chi connectivity index (χ2n) is 4.97. The van der Waals surface area contributed by atoms with Crippen LogP contribution in [0.5, 0.6) is 0 Å². The van der Waals surface area contributed by atoms with Gasteiger partial charge in [-0.25, -0.2) is 0 Å². The molecule has 4 heteroatoms. The number of nitrogens with zero attached hydrogens (tertiary/aromatic N) is 1. The van der Waals surface area contributed by atoms with Crippen LogP contribution in [-0.2, 0) is 9.54 Å². The number of carbonyl (C=O) groups excluding carboxylic acids is 1. The van der Waals surface area contributed by atoms with Gasteiger partial charge in [0.1, 0.15) is 4.75 Å². The third-order valence-corrected chi connectivity index (χ3v) is 5.47. The minimum atomic E-state index is -0.556. The first kappa shape index (κ1) is 13.7. The number of para-hydroxylation sites is 1. The summed E-state index contributed by atoms with van der Waals surface area (Å²) in [5.41, 5.74) is 2.09. The van der Waals surface area contributed by atoms with Crippen molar-refractivity contribution in [3.8, 4) is 0 Å². The van der Waals surface area contributed by atoms with E-state index in [4.69, 9.17) is 0 Å². The summed E-state index contributed by atoms with van der Waals surface area (Å²) in [7, 11) is 1.84. The zero-order chi connectivity index (χ0) is 14.3. The van der Waals surface area contributed by atoms with Crippen LogP contribution in [0.25, 0.3) is 0 Å². The second-order valence-corrected chi connectivity index (χ2v) is 7.38. The van der Waals surface area contributed by atoms with E-state index in [1.54, 1.807) is 16.7 Å². The lowest BCUT2D eigenvalue weighted by Crippen LogP contribution is -2.33. The first-order valence-electron chi connectivity index (χ1n) is 6.34. The van der Waals surface area contributed by atoms with Crippen LogP contribution in [0.15, 0.2) is 57.9 Å². The van der Waals surface area contributed by atoms with E-state index in [1.807, 2.05) is 62.5 Å². The highest BCUT2D eigenvalue weighted by Gasteiger charge is 2.46. The van der Waals surface area contributed by atoms with E-state index >= 15 is 0 Å². The molecule has 102 valence electrons. The van der Waals surface area contributed by atoms with Crippen molar-refractivity contribution in [3.05, 3.63) is 58.6 Å². The largest absolute Gasteiger partial charge is 0.314 e. The Balaban J connectivity index is 2.03. The molecule has 0 spiro atoms. The minimum Gasteiger partial charge on any atom is -0.314 e. The predicted molar refractivity (Wildman–Crippen MR) is 87.2 cm³/mol. The fourth-order valence-corrected chi connectivity index (χ4v) is 4.07. The summed E-state index contributed by atoms with van der Waals surface area (Å²) in [4.78, 5) is 15.5. The van der Waals surface area contributed by atoms with E-state index in [2.05, 4.69) is 15.9 Å². The molecule has 2 aromatic rings. The summed E-state index contributed by atoms with van der Waals surface area (Å²) >= 11 is 5.04. The number of benzene rings is 2. The maximum absolute atomic E-state index is 12.7. The average molecular weight is 348 g/mol. The number of likely N-dealkylation sites (N-methyl/N-ethyl adjacent to an activating group) is 1. The third-order valence-electron chi connectivity index (χ3n) is 3.63. The number of thioether (sulfide) groups is 1. The normalized spacial score (nSPS) is 21.1. The molecule has 1 atom stereocenters. The Labute approximate surface area is 131 Å². The Morgan fingerprint density at radius 2 is 1.75 bits per heavy atom.